The number of rotatable bonds is 2. The van der Waals surface area contributed by atoms with Crippen molar-refractivity contribution in [2.75, 3.05) is 0 Å². The van der Waals surface area contributed by atoms with Gasteiger partial charge in [-0.3, -0.25) is 0 Å². The third kappa shape index (κ3) is 2.82. The van der Waals surface area contributed by atoms with Crippen LogP contribution in [0.25, 0.3) is 0 Å². The van der Waals surface area contributed by atoms with E-state index in [1.807, 2.05) is 0 Å². The molecule has 0 aliphatic carbocycles. The van der Waals surface area contributed by atoms with Crippen LogP contribution >= 0.6 is 0 Å². The van der Waals surface area contributed by atoms with Crippen molar-refractivity contribution in [3.05, 3.63) is 33.9 Å². The Hall–Kier alpha value is -0.820. The predicted molar refractivity (Wildman–Crippen MR) is 67.4 cm³/mol. The minimum atomic E-state index is -0.126. The average Bonchev–Trinajstić information content (AvgIpc) is 2.08. The van der Waals surface area contributed by atoms with Crippen molar-refractivity contribution >= 4 is 0 Å². The molecule has 1 rings (SSSR count). The summed E-state index contributed by atoms with van der Waals surface area (Å²) in [4.78, 5) is 0. The van der Waals surface area contributed by atoms with Crippen LogP contribution in [0.4, 0.5) is 0 Å². The van der Waals surface area contributed by atoms with Crippen molar-refractivity contribution in [1.29, 1.82) is 0 Å². The predicted octanol–water partition coefficient (Wildman–Crippen LogP) is 3.20. The number of hydrogen-bond donors (Lipinski definition) is 1. The van der Waals surface area contributed by atoms with Gasteiger partial charge in [-0.25, -0.2) is 0 Å². The van der Waals surface area contributed by atoms with Gasteiger partial charge >= 0.3 is 0 Å². The summed E-state index contributed by atoms with van der Waals surface area (Å²) in [6, 6.07) is 2.28. The maximum Gasteiger partial charge on any atom is 0.0138 e. The molecule has 0 fully saturated rings. The van der Waals surface area contributed by atoms with Crippen LogP contribution in [0.2, 0.25) is 0 Å². The van der Waals surface area contributed by atoms with Gasteiger partial charge in [-0.05, 0) is 75.8 Å². The van der Waals surface area contributed by atoms with E-state index in [0.717, 1.165) is 6.42 Å². The van der Waals surface area contributed by atoms with Gasteiger partial charge in [-0.15, -0.1) is 0 Å². The molecule has 0 unspecified atom stereocenters. The van der Waals surface area contributed by atoms with Crippen LogP contribution in [0.15, 0.2) is 6.07 Å². The fourth-order valence-electron chi connectivity index (χ4n) is 1.97. The molecule has 1 heteroatoms. The Morgan fingerprint density at radius 1 is 1.00 bits per heavy atom. The molecule has 1 aromatic carbocycles. The quantitative estimate of drug-likeness (QED) is 0.788. The largest absolute Gasteiger partial charge is 0.325 e. The fraction of sp³-hybridized carbons (Fsp3) is 0.571. The van der Waals surface area contributed by atoms with Crippen LogP contribution in [0.3, 0.4) is 0 Å². The summed E-state index contributed by atoms with van der Waals surface area (Å²) in [5.74, 6) is 0. The van der Waals surface area contributed by atoms with Crippen LogP contribution in [0.1, 0.15) is 41.7 Å². The second-order valence-electron chi connectivity index (χ2n) is 5.39. The number of nitrogens with two attached hydrogens (primary N) is 1. The Balaban J connectivity index is 3.21. The van der Waals surface area contributed by atoms with Gasteiger partial charge in [-0.2, -0.15) is 0 Å². The van der Waals surface area contributed by atoms with Gasteiger partial charge in [0.15, 0.2) is 0 Å². The topological polar surface area (TPSA) is 26.0 Å². The highest BCUT2D eigenvalue weighted by Crippen LogP contribution is 2.23. The second kappa shape index (κ2) is 3.97. The molecule has 0 saturated carbocycles. The van der Waals surface area contributed by atoms with E-state index in [4.69, 9.17) is 5.73 Å². The molecule has 0 aromatic heterocycles. The molecule has 0 heterocycles. The Kier molecular flexibility index (Phi) is 3.25. The van der Waals surface area contributed by atoms with E-state index in [2.05, 4.69) is 47.6 Å². The van der Waals surface area contributed by atoms with Crippen molar-refractivity contribution in [3.8, 4) is 0 Å². The van der Waals surface area contributed by atoms with E-state index in [0.29, 0.717) is 0 Å². The summed E-state index contributed by atoms with van der Waals surface area (Å²) >= 11 is 0. The first-order chi connectivity index (χ1) is 6.72. The van der Waals surface area contributed by atoms with Crippen molar-refractivity contribution < 1.29 is 0 Å². The molecule has 0 aliphatic rings. The molecule has 0 radical (unpaired) electrons. The molecular weight excluding hydrogens is 182 g/mol. The van der Waals surface area contributed by atoms with E-state index >= 15 is 0 Å². The van der Waals surface area contributed by atoms with Gasteiger partial charge in [0, 0.05) is 5.54 Å². The normalized spacial score (nSPS) is 11.9. The third-order valence-corrected chi connectivity index (χ3v) is 3.23. The smallest absolute Gasteiger partial charge is 0.0138 e. The minimum absolute atomic E-state index is 0.126. The number of hydrogen-bond acceptors (Lipinski definition) is 1. The highest BCUT2D eigenvalue weighted by Gasteiger charge is 2.15. The monoisotopic (exact) mass is 205 g/mol. The summed E-state index contributed by atoms with van der Waals surface area (Å²) in [6.07, 6.45) is 0.945. The van der Waals surface area contributed by atoms with E-state index < -0.39 is 0 Å². The summed E-state index contributed by atoms with van der Waals surface area (Å²) < 4.78 is 0. The van der Waals surface area contributed by atoms with Gasteiger partial charge in [0.25, 0.3) is 0 Å². The molecule has 1 aromatic rings. The van der Waals surface area contributed by atoms with Crippen LogP contribution in [0, 0.1) is 27.7 Å². The Bertz CT molecular complexity index is 370. The lowest BCUT2D eigenvalue weighted by molar-refractivity contribution is 0.515. The highest BCUT2D eigenvalue weighted by molar-refractivity contribution is 5.44. The molecule has 0 amide bonds. The number of benzene rings is 1. The summed E-state index contributed by atoms with van der Waals surface area (Å²) in [5.41, 5.74) is 12.9. The van der Waals surface area contributed by atoms with E-state index in [-0.39, 0.29) is 5.54 Å². The first-order valence-corrected chi connectivity index (χ1v) is 5.57. The average molecular weight is 205 g/mol. The zero-order valence-electron chi connectivity index (χ0n) is 10.9. The molecule has 1 nitrogen and oxygen atoms in total. The van der Waals surface area contributed by atoms with Crippen LogP contribution in [-0.4, -0.2) is 5.54 Å². The van der Waals surface area contributed by atoms with Crippen LogP contribution in [-0.2, 0) is 6.42 Å². The van der Waals surface area contributed by atoms with Crippen molar-refractivity contribution in [3.63, 3.8) is 0 Å². The first-order valence-electron chi connectivity index (χ1n) is 5.57. The minimum Gasteiger partial charge on any atom is -0.325 e. The SMILES string of the molecule is Cc1cc(CC(C)(C)N)c(C)c(C)c1C. The van der Waals surface area contributed by atoms with Gasteiger partial charge in [0.05, 0.1) is 0 Å². The fourth-order valence-corrected chi connectivity index (χ4v) is 1.97. The standard InChI is InChI=1S/C14H23N/c1-9-7-13(8-14(5,6)15)12(4)11(3)10(9)2/h7H,8,15H2,1-6H3. The molecular formula is C14H23N. The van der Waals surface area contributed by atoms with Crippen LogP contribution < -0.4 is 5.73 Å². The number of aryl methyl sites for hydroxylation is 1. The molecule has 15 heavy (non-hydrogen) atoms. The zero-order chi connectivity index (χ0) is 11.8. The van der Waals surface area contributed by atoms with Crippen molar-refractivity contribution in [2.45, 2.75) is 53.5 Å². The lowest BCUT2D eigenvalue weighted by atomic mass is 9.88. The van der Waals surface area contributed by atoms with E-state index in [9.17, 15) is 0 Å². The van der Waals surface area contributed by atoms with Crippen molar-refractivity contribution in [2.24, 2.45) is 5.73 Å². The lowest BCUT2D eigenvalue weighted by Gasteiger charge is -2.22. The Labute approximate surface area is 93.7 Å². The third-order valence-electron chi connectivity index (χ3n) is 3.23. The van der Waals surface area contributed by atoms with Gasteiger partial charge in [0.1, 0.15) is 0 Å². The maximum atomic E-state index is 6.07. The Morgan fingerprint density at radius 3 is 2.00 bits per heavy atom. The molecule has 2 N–H and O–H groups in total. The maximum absolute atomic E-state index is 6.07. The van der Waals surface area contributed by atoms with E-state index in [1.165, 1.54) is 27.8 Å². The van der Waals surface area contributed by atoms with Gasteiger partial charge in [0.2, 0.25) is 0 Å². The second-order valence-corrected chi connectivity index (χ2v) is 5.39. The van der Waals surface area contributed by atoms with Crippen LogP contribution in [0.5, 0.6) is 0 Å². The van der Waals surface area contributed by atoms with E-state index in [1.54, 1.807) is 0 Å². The molecule has 0 bridgehead atoms. The molecule has 0 atom stereocenters. The zero-order valence-corrected chi connectivity index (χ0v) is 10.9. The first kappa shape index (κ1) is 12.3. The Morgan fingerprint density at radius 2 is 1.53 bits per heavy atom. The molecule has 84 valence electrons. The molecule has 0 spiro atoms. The summed E-state index contributed by atoms with van der Waals surface area (Å²) in [7, 11) is 0. The highest BCUT2D eigenvalue weighted by atomic mass is 14.7. The van der Waals surface area contributed by atoms with Crippen molar-refractivity contribution in [1.82, 2.24) is 0 Å². The summed E-state index contributed by atoms with van der Waals surface area (Å²) in [6.45, 7) is 12.9. The lowest BCUT2D eigenvalue weighted by Crippen LogP contribution is -2.34. The molecule has 0 aliphatic heterocycles. The van der Waals surface area contributed by atoms with Gasteiger partial charge < -0.3 is 5.73 Å². The van der Waals surface area contributed by atoms with Gasteiger partial charge in [-0.1, -0.05) is 6.07 Å². The summed E-state index contributed by atoms with van der Waals surface area (Å²) in [5, 5.41) is 0. The molecule has 0 saturated heterocycles.